The predicted octanol–water partition coefficient (Wildman–Crippen LogP) is 2.24. The standard InChI is InChI=1S/C19H27N3O2/c1-20(2)19(23)22-12-15(14-6-4-5-7-16(14)24-3)18-17(22)13-8-10-21(18)11-9-13/h4-7,13,15,17-18H,8-12H2,1-3H3/t15-,17-,18-/m1/s1. The van der Waals surface area contributed by atoms with Gasteiger partial charge in [-0.1, -0.05) is 18.2 Å². The molecule has 130 valence electrons. The van der Waals surface area contributed by atoms with Crippen LogP contribution in [0.3, 0.4) is 0 Å². The Bertz CT molecular complexity index is 625. The number of para-hydroxylation sites is 1. The third-order valence-corrected chi connectivity index (χ3v) is 6.16. The van der Waals surface area contributed by atoms with E-state index in [1.807, 2.05) is 26.2 Å². The van der Waals surface area contributed by atoms with Crippen molar-refractivity contribution in [2.75, 3.05) is 40.8 Å². The molecule has 0 radical (unpaired) electrons. The van der Waals surface area contributed by atoms with Gasteiger partial charge in [0.05, 0.1) is 13.2 Å². The molecule has 4 aliphatic rings. The summed E-state index contributed by atoms with van der Waals surface area (Å²) in [5.74, 6) is 1.92. The van der Waals surface area contributed by atoms with Crippen LogP contribution in [-0.2, 0) is 0 Å². The molecule has 2 bridgehead atoms. The number of ether oxygens (including phenoxy) is 1. The lowest BCUT2D eigenvalue weighted by molar-refractivity contribution is 0.000785. The molecule has 0 unspecified atom stereocenters. The molecule has 4 heterocycles. The second-order valence-corrected chi connectivity index (χ2v) is 7.53. The van der Waals surface area contributed by atoms with Gasteiger partial charge in [0.15, 0.2) is 0 Å². The second kappa shape index (κ2) is 5.96. The number of likely N-dealkylation sites (tertiary alicyclic amines) is 1. The van der Waals surface area contributed by atoms with Crippen LogP contribution in [0.4, 0.5) is 4.79 Å². The highest BCUT2D eigenvalue weighted by molar-refractivity contribution is 5.75. The van der Waals surface area contributed by atoms with Crippen LogP contribution in [0.15, 0.2) is 24.3 Å². The minimum absolute atomic E-state index is 0.149. The van der Waals surface area contributed by atoms with Crippen LogP contribution in [0.5, 0.6) is 5.75 Å². The molecular formula is C19H27N3O2. The molecule has 0 N–H and O–H groups in total. The van der Waals surface area contributed by atoms with Crippen LogP contribution in [0.1, 0.15) is 24.3 Å². The second-order valence-electron chi connectivity index (χ2n) is 7.53. The largest absolute Gasteiger partial charge is 0.496 e. The smallest absolute Gasteiger partial charge is 0.319 e. The molecule has 4 saturated heterocycles. The third-order valence-electron chi connectivity index (χ3n) is 6.16. The van der Waals surface area contributed by atoms with E-state index >= 15 is 0 Å². The summed E-state index contributed by atoms with van der Waals surface area (Å²) in [7, 11) is 5.45. The molecule has 5 heteroatoms. The molecule has 5 nitrogen and oxygen atoms in total. The van der Waals surface area contributed by atoms with Gasteiger partial charge in [-0.3, -0.25) is 4.90 Å². The summed E-state index contributed by atoms with van der Waals surface area (Å²) in [6.07, 6.45) is 2.44. The van der Waals surface area contributed by atoms with Gasteiger partial charge in [-0.05, 0) is 37.9 Å². The normalized spacial score (nSPS) is 34.1. The predicted molar refractivity (Wildman–Crippen MR) is 93.4 cm³/mol. The van der Waals surface area contributed by atoms with Crippen molar-refractivity contribution in [3.8, 4) is 5.75 Å². The number of amides is 2. The number of piperidine rings is 3. The van der Waals surface area contributed by atoms with Gasteiger partial charge in [-0.2, -0.15) is 0 Å². The summed E-state index contributed by atoms with van der Waals surface area (Å²) in [6.45, 7) is 3.13. The van der Waals surface area contributed by atoms with E-state index in [9.17, 15) is 4.79 Å². The molecule has 1 aromatic carbocycles. The maximum Gasteiger partial charge on any atom is 0.319 e. The van der Waals surface area contributed by atoms with Crippen LogP contribution < -0.4 is 4.74 Å². The van der Waals surface area contributed by atoms with Crippen molar-refractivity contribution in [2.24, 2.45) is 5.92 Å². The fourth-order valence-electron chi connectivity index (χ4n) is 5.14. The molecule has 4 fully saturated rings. The number of hydrogen-bond acceptors (Lipinski definition) is 3. The monoisotopic (exact) mass is 329 g/mol. The van der Waals surface area contributed by atoms with Gasteiger partial charge in [0.1, 0.15) is 5.75 Å². The summed E-state index contributed by atoms with van der Waals surface area (Å²) in [5, 5.41) is 0. The average Bonchev–Trinajstić information content (AvgIpc) is 3.04. The van der Waals surface area contributed by atoms with E-state index < -0.39 is 0 Å². The molecule has 3 atom stereocenters. The molecule has 5 rings (SSSR count). The maximum atomic E-state index is 12.8. The summed E-state index contributed by atoms with van der Waals surface area (Å²) >= 11 is 0. The number of urea groups is 1. The first-order valence-electron chi connectivity index (χ1n) is 8.96. The first-order chi connectivity index (χ1) is 11.6. The molecular weight excluding hydrogens is 302 g/mol. The minimum atomic E-state index is 0.149. The van der Waals surface area contributed by atoms with E-state index in [0.717, 1.165) is 12.3 Å². The van der Waals surface area contributed by atoms with E-state index in [1.165, 1.54) is 31.5 Å². The molecule has 0 aromatic heterocycles. The van der Waals surface area contributed by atoms with Gasteiger partial charge in [0.25, 0.3) is 0 Å². The van der Waals surface area contributed by atoms with Crippen LogP contribution in [-0.4, -0.2) is 73.7 Å². The van der Waals surface area contributed by atoms with Crippen molar-refractivity contribution in [1.82, 2.24) is 14.7 Å². The van der Waals surface area contributed by atoms with Gasteiger partial charge in [-0.15, -0.1) is 0 Å². The van der Waals surface area contributed by atoms with E-state index in [-0.39, 0.29) is 6.03 Å². The van der Waals surface area contributed by atoms with Crippen molar-refractivity contribution in [2.45, 2.75) is 30.8 Å². The molecule has 2 amide bonds. The van der Waals surface area contributed by atoms with E-state index in [1.54, 1.807) is 12.0 Å². The summed E-state index contributed by atoms with van der Waals surface area (Å²) < 4.78 is 5.63. The van der Waals surface area contributed by atoms with Crippen molar-refractivity contribution in [3.63, 3.8) is 0 Å². The lowest BCUT2D eigenvalue weighted by atomic mass is 9.75. The van der Waals surface area contributed by atoms with Gasteiger partial charge < -0.3 is 14.5 Å². The number of methoxy groups -OCH3 is 1. The van der Waals surface area contributed by atoms with Gasteiger partial charge >= 0.3 is 6.03 Å². The lowest BCUT2D eigenvalue weighted by Crippen LogP contribution is -2.61. The van der Waals surface area contributed by atoms with Crippen LogP contribution in [0.2, 0.25) is 0 Å². The van der Waals surface area contributed by atoms with Gasteiger partial charge in [0, 0.05) is 38.2 Å². The Morgan fingerprint density at radius 1 is 1.17 bits per heavy atom. The van der Waals surface area contributed by atoms with Crippen LogP contribution in [0, 0.1) is 5.92 Å². The van der Waals surface area contributed by atoms with E-state index in [4.69, 9.17) is 4.74 Å². The Balaban J connectivity index is 1.74. The molecule has 0 saturated carbocycles. The highest BCUT2D eigenvalue weighted by atomic mass is 16.5. The fourth-order valence-corrected chi connectivity index (χ4v) is 5.14. The fraction of sp³-hybridized carbons (Fsp3) is 0.632. The Hall–Kier alpha value is -1.75. The first-order valence-corrected chi connectivity index (χ1v) is 8.96. The molecule has 1 aromatic rings. The number of fused-ring (bicyclic) bond motifs is 2. The first kappa shape index (κ1) is 15.8. The highest BCUT2D eigenvalue weighted by Gasteiger charge is 2.55. The third kappa shape index (κ3) is 2.29. The number of benzene rings is 1. The maximum absolute atomic E-state index is 12.8. The zero-order valence-corrected chi connectivity index (χ0v) is 14.8. The van der Waals surface area contributed by atoms with Crippen molar-refractivity contribution < 1.29 is 9.53 Å². The van der Waals surface area contributed by atoms with Crippen LogP contribution in [0.25, 0.3) is 0 Å². The van der Waals surface area contributed by atoms with E-state index in [0.29, 0.717) is 23.9 Å². The van der Waals surface area contributed by atoms with Gasteiger partial charge in [-0.25, -0.2) is 4.79 Å². The zero-order valence-electron chi connectivity index (χ0n) is 14.8. The number of carbonyl (C=O) groups excluding carboxylic acids is 1. The molecule has 0 spiro atoms. The number of carbonyl (C=O) groups is 1. The Morgan fingerprint density at radius 3 is 2.54 bits per heavy atom. The van der Waals surface area contributed by atoms with Crippen molar-refractivity contribution in [1.29, 1.82) is 0 Å². The summed E-state index contributed by atoms with van der Waals surface area (Å²) in [4.78, 5) is 19.3. The lowest BCUT2D eigenvalue weighted by Gasteiger charge is -2.51. The Kier molecular flexibility index (Phi) is 3.91. The zero-order chi connectivity index (χ0) is 16.8. The summed E-state index contributed by atoms with van der Waals surface area (Å²) in [6, 6.07) is 9.24. The highest BCUT2D eigenvalue weighted by Crippen LogP contribution is 2.48. The topological polar surface area (TPSA) is 36.0 Å². The Morgan fingerprint density at radius 2 is 1.88 bits per heavy atom. The Labute approximate surface area is 144 Å². The summed E-state index contributed by atoms with van der Waals surface area (Å²) in [5.41, 5.74) is 1.25. The molecule has 0 aliphatic carbocycles. The van der Waals surface area contributed by atoms with Crippen molar-refractivity contribution >= 4 is 6.03 Å². The van der Waals surface area contributed by atoms with E-state index in [2.05, 4.69) is 21.9 Å². The van der Waals surface area contributed by atoms with Crippen molar-refractivity contribution in [3.05, 3.63) is 29.8 Å². The quantitative estimate of drug-likeness (QED) is 0.835. The number of rotatable bonds is 2. The number of nitrogens with zero attached hydrogens (tertiary/aromatic N) is 3. The van der Waals surface area contributed by atoms with Gasteiger partial charge in [0.2, 0.25) is 0 Å². The minimum Gasteiger partial charge on any atom is -0.496 e. The molecule has 4 aliphatic heterocycles. The average molecular weight is 329 g/mol. The van der Waals surface area contributed by atoms with Crippen LogP contribution >= 0.6 is 0 Å². The molecule has 24 heavy (non-hydrogen) atoms. The SMILES string of the molecule is COc1ccccc1[C@H]1CN(C(=O)N(C)C)[C@@H]2C3CCN(CC3)[C@H]12. The number of hydrogen-bond donors (Lipinski definition) is 0.